The summed E-state index contributed by atoms with van der Waals surface area (Å²) in [5, 5.41) is 3.08. The minimum atomic E-state index is -0.819. The molecule has 1 N–H and O–H groups in total. The number of hydrogen-bond donors (Lipinski definition) is 1. The summed E-state index contributed by atoms with van der Waals surface area (Å²) in [5.74, 6) is 0.334. The van der Waals surface area contributed by atoms with E-state index in [-0.39, 0.29) is 5.91 Å². The molecule has 0 aliphatic carbocycles. The van der Waals surface area contributed by atoms with E-state index < -0.39 is 10.8 Å². The number of amides is 1. The van der Waals surface area contributed by atoms with Crippen molar-refractivity contribution in [1.82, 2.24) is 10.3 Å². The van der Waals surface area contributed by atoms with Gasteiger partial charge in [-0.3, -0.25) is 14.0 Å². The van der Waals surface area contributed by atoms with Gasteiger partial charge in [0.25, 0.3) is 5.91 Å². The van der Waals surface area contributed by atoms with Crippen LogP contribution in [-0.4, -0.2) is 33.7 Å². The Morgan fingerprint density at radius 3 is 3.00 bits per heavy atom. The third kappa shape index (κ3) is 4.28. The SMILES string of the molecule is CS(=O)CCCNC(=O)c1cnccc1Cl. The molecule has 0 aliphatic rings. The average Bonchev–Trinajstić information content (AvgIpc) is 2.24. The first kappa shape index (κ1) is 13.1. The van der Waals surface area contributed by atoms with Gasteiger partial charge in [0.05, 0.1) is 10.6 Å². The number of hydrogen-bond acceptors (Lipinski definition) is 3. The lowest BCUT2D eigenvalue weighted by molar-refractivity contribution is 0.0953. The number of nitrogens with one attached hydrogen (secondary N) is 1. The van der Waals surface area contributed by atoms with Gasteiger partial charge in [0.1, 0.15) is 0 Å². The summed E-state index contributed by atoms with van der Waals surface area (Å²) in [6, 6.07) is 1.57. The first-order chi connectivity index (χ1) is 7.61. The van der Waals surface area contributed by atoms with Gasteiger partial charge >= 0.3 is 0 Å². The van der Waals surface area contributed by atoms with Crippen LogP contribution >= 0.6 is 11.6 Å². The Kier molecular flexibility index (Phi) is 5.42. The number of aromatic nitrogens is 1. The number of rotatable bonds is 5. The van der Waals surface area contributed by atoms with Gasteiger partial charge in [-0.05, 0) is 12.5 Å². The quantitative estimate of drug-likeness (QED) is 0.811. The van der Waals surface area contributed by atoms with E-state index in [1.165, 1.54) is 12.4 Å². The van der Waals surface area contributed by atoms with E-state index in [1.807, 2.05) is 0 Å². The maximum atomic E-state index is 11.6. The van der Waals surface area contributed by atoms with Gasteiger partial charge in [0.2, 0.25) is 0 Å². The molecule has 6 heteroatoms. The molecule has 1 atom stereocenters. The van der Waals surface area contributed by atoms with E-state index in [1.54, 1.807) is 12.3 Å². The van der Waals surface area contributed by atoms with Crippen molar-refractivity contribution in [2.45, 2.75) is 6.42 Å². The molecule has 0 aromatic carbocycles. The maximum absolute atomic E-state index is 11.6. The molecule has 1 amide bonds. The molecular formula is C10H13ClN2O2S. The normalized spacial score (nSPS) is 12.1. The van der Waals surface area contributed by atoms with Crippen molar-refractivity contribution in [2.24, 2.45) is 0 Å². The van der Waals surface area contributed by atoms with Gasteiger partial charge in [0.15, 0.2) is 0 Å². The van der Waals surface area contributed by atoms with Crippen molar-refractivity contribution < 1.29 is 9.00 Å². The van der Waals surface area contributed by atoms with Crippen LogP contribution in [0.25, 0.3) is 0 Å². The smallest absolute Gasteiger partial charge is 0.254 e. The lowest BCUT2D eigenvalue weighted by Crippen LogP contribution is -2.25. The first-order valence-corrected chi connectivity index (χ1v) is 6.89. The van der Waals surface area contributed by atoms with E-state index in [2.05, 4.69) is 10.3 Å². The number of carbonyl (C=O) groups is 1. The lowest BCUT2D eigenvalue weighted by Gasteiger charge is -2.05. The fraction of sp³-hybridized carbons (Fsp3) is 0.400. The highest BCUT2D eigenvalue weighted by molar-refractivity contribution is 7.84. The van der Waals surface area contributed by atoms with Crippen molar-refractivity contribution >= 4 is 28.3 Å². The van der Waals surface area contributed by atoms with Crippen LogP contribution < -0.4 is 5.32 Å². The van der Waals surface area contributed by atoms with E-state index in [9.17, 15) is 9.00 Å². The lowest BCUT2D eigenvalue weighted by atomic mass is 10.2. The highest BCUT2D eigenvalue weighted by Gasteiger charge is 2.08. The van der Waals surface area contributed by atoms with E-state index in [4.69, 9.17) is 11.6 Å². The molecule has 4 nitrogen and oxygen atoms in total. The zero-order valence-electron chi connectivity index (χ0n) is 8.90. The fourth-order valence-corrected chi connectivity index (χ4v) is 1.86. The molecule has 0 radical (unpaired) electrons. The Morgan fingerprint density at radius 1 is 1.62 bits per heavy atom. The highest BCUT2D eigenvalue weighted by Crippen LogP contribution is 2.12. The van der Waals surface area contributed by atoms with Crippen molar-refractivity contribution in [2.75, 3.05) is 18.6 Å². The largest absolute Gasteiger partial charge is 0.352 e. The Balaban J connectivity index is 2.41. The Morgan fingerprint density at radius 2 is 2.38 bits per heavy atom. The minimum Gasteiger partial charge on any atom is -0.352 e. The predicted octanol–water partition coefficient (Wildman–Crippen LogP) is 1.23. The summed E-state index contributed by atoms with van der Waals surface area (Å²) in [7, 11) is -0.819. The second-order valence-electron chi connectivity index (χ2n) is 3.24. The zero-order valence-corrected chi connectivity index (χ0v) is 10.5. The summed E-state index contributed by atoms with van der Waals surface area (Å²) in [5.41, 5.74) is 0.363. The van der Waals surface area contributed by atoms with E-state index in [0.717, 1.165) is 0 Å². The van der Waals surface area contributed by atoms with Crippen molar-refractivity contribution in [1.29, 1.82) is 0 Å². The minimum absolute atomic E-state index is 0.250. The van der Waals surface area contributed by atoms with Crippen molar-refractivity contribution in [3.63, 3.8) is 0 Å². The molecule has 0 aliphatic heterocycles. The molecule has 0 bridgehead atoms. The van der Waals surface area contributed by atoms with E-state index >= 15 is 0 Å². The van der Waals surface area contributed by atoms with Crippen LogP contribution in [0.5, 0.6) is 0 Å². The van der Waals surface area contributed by atoms with Crippen LogP contribution in [0.3, 0.4) is 0 Å². The van der Waals surface area contributed by atoms with Gasteiger partial charge in [-0.15, -0.1) is 0 Å². The summed E-state index contributed by atoms with van der Waals surface area (Å²) in [4.78, 5) is 15.4. The molecule has 88 valence electrons. The number of nitrogens with zero attached hydrogens (tertiary/aromatic N) is 1. The van der Waals surface area contributed by atoms with E-state index in [0.29, 0.717) is 29.3 Å². The zero-order chi connectivity index (χ0) is 12.0. The highest BCUT2D eigenvalue weighted by atomic mass is 35.5. The molecule has 1 aromatic heterocycles. The molecular weight excluding hydrogens is 248 g/mol. The third-order valence-corrected chi connectivity index (χ3v) is 3.10. The molecule has 0 fully saturated rings. The fourth-order valence-electron chi connectivity index (χ4n) is 1.12. The van der Waals surface area contributed by atoms with Crippen LogP contribution in [0.2, 0.25) is 5.02 Å². The molecule has 16 heavy (non-hydrogen) atoms. The monoisotopic (exact) mass is 260 g/mol. The molecule has 1 aromatic rings. The van der Waals surface area contributed by atoms with Gasteiger partial charge < -0.3 is 5.32 Å². The Bertz CT molecular complexity index is 398. The van der Waals surface area contributed by atoms with Crippen molar-refractivity contribution in [3.8, 4) is 0 Å². The van der Waals surface area contributed by atoms with Gasteiger partial charge in [-0.25, -0.2) is 0 Å². The second-order valence-corrected chi connectivity index (χ2v) is 5.20. The summed E-state index contributed by atoms with van der Waals surface area (Å²) in [6.07, 6.45) is 5.28. The Hall–Kier alpha value is -0.940. The molecule has 0 spiro atoms. The van der Waals surface area contributed by atoms with Gasteiger partial charge in [0, 0.05) is 41.7 Å². The van der Waals surface area contributed by atoms with Crippen LogP contribution in [0.15, 0.2) is 18.5 Å². The van der Waals surface area contributed by atoms with Crippen LogP contribution in [0.1, 0.15) is 16.8 Å². The molecule has 0 saturated heterocycles. The summed E-state index contributed by atoms with van der Waals surface area (Å²) in [6.45, 7) is 0.490. The first-order valence-electron chi connectivity index (χ1n) is 4.79. The number of halogens is 1. The number of carbonyl (C=O) groups excluding carboxylic acids is 1. The Labute approximate surface area is 102 Å². The van der Waals surface area contributed by atoms with Crippen LogP contribution in [0.4, 0.5) is 0 Å². The van der Waals surface area contributed by atoms with Gasteiger partial charge in [-0.1, -0.05) is 11.6 Å². The molecule has 1 rings (SSSR count). The summed E-state index contributed by atoms with van der Waals surface area (Å²) >= 11 is 5.83. The third-order valence-electron chi connectivity index (χ3n) is 1.91. The maximum Gasteiger partial charge on any atom is 0.254 e. The molecule has 1 heterocycles. The van der Waals surface area contributed by atoms with Crippen molar-refractivity contribution in [3.05, 3.63) is 29.0 Å². The standard InChI is InChI=1S/C10H13ClN2O2S/c1-16(15)6-2-4-13-10(14)8-7-12-5-3-9(8)11/h3,5,7H,2,4,6H2,1H3,(H,13,14). The number of pyridine rings is 1. The second kappa shape index (κ2) is 6.60. The predicted molar refractivity (Wildman–Crippen MR) is 65.1 cm³/mol. The topological polar surface area (TPSA) is 59.1 Å². The molecule has 1 unspecified atom stereocenters. The van der Waals surface area contributed by atoms with Gasteiger partial charge in [-0.2, -0.15) is 0 Å². The summed E-state index contributed by atoms with van der Waals surface area (Å²) < 4.78 is 10.8. The average molecular weight is 261 g/mol. The molecule has 0 saturated carbocycles. The van der Waals surface area contributed by atoms with Crippen LogP contribution in [0, 0.1) is 0 Å². The van der Waals surface area contributed by atoms with Crippen LogP contribution in [-0.2, 0) is 10.8 Å².